The van der Waals surface area contributed by atoms with Crippen molar-refractivity contribution < 1.29 is 14.6 Å². The summed E-state index contributed by atoms with van der Waals surface area (Å²) in [5.41, 5.74) is 1.80. The van der Waals surface area contributed by atoms with E-state index in [1.807, 2.05) is 43.3 Å². The first-order valence-corrected chi connectivity index (χ1v) is 7.57. The lowest BCUT2D eigenvalue weighted by Crippen LogP contribution is -2.08. The molecule has 0 radical (unpaired) electrons. The fourth-order valence-corrected chi connectivity index (χ4v) is 2.86. The van der Waals surface area contributed by atoms with Crippen LogP contribution < -0.4 is 9.47 Å². The predicted molar refractivity (Wildman–Crippen MR) is 92.3 cm³/mol. The van der Waals surface area contributed by atoms with Crippen molar-refractivity contribution in [3.8, 4) is 17.4 Å². The molecule has 0 saturated heterocycles. The Balaban J connectivity index is 1.88. The molecule has 1 N–H and O–H groups in total. The molecule has 1 heterocycles. The summed E-state index contributed by atoms with van der Waals surface area (Å²) in [5.74, 6) is 1.13. The zero-order valence-corrected chi connectivity index (χ0v) is 13.5. The molecule has 24 heavy (non-hydrogen) atoms. The average Bonchev–Trinajstić information content (AvgIpc) is 2.88. The van der Waals surface area contributed by atoms with E-state index in [2.05, 4.69) is 5.18 Å². The zero-order valence-electron chi connectivity index (χ0n) is 13.5. The van der Waals surface area contributed by atoms with Gasteiger partial charge in [-0.3, -0.25) is 0 Å². The second-order valence-electron chi connectivity index (χ2n) is 5.39. The first-order valence-electron chi connectivity index (χ1n) is 7.57. The van der Waals surface area contributed by atoms with E-state index >= 15 is 0 Å². The van der Waals surface area contributed by atoms with Gasteiger partial charge in [0.2, 0.25) is 5.88 Å². The van der Waals surface area contributed by atoms with Gasteiger partial charge in [-0.1, -0.05) is 30.3 Å². The smallest absolute Gasteiger partial charge is 0.222 e. The quantitative estimate of drug-likeness (QED) is 0.691. The molecule has 0 atom stereocenters. The number of rotatable bonds is 6. The van der Waals surface area contributed by atoms with Crippen LogP contribution >= 0.6 is 0 Å². The zero-order chi connectivity index (χ0) is 17.1. The Morgan fingerprint density at radius 1 is 1.12 bits per heavy atom. The van der Waals surface area contributed by atoms with Crippen LogP contribution in [0.5, 0.6) is 17.4 Å². The number of nitrogens with zero attached hydrogens (tertiary/aromatic N) is 2. The number of ether oxygens (including phenoxy) is 2. The van der Waals surface area contributed by atoms with Gasteiger partial charge < -0.3 is 19.1 Å². The summed E-state index contributed by atoms with van der Waals surface area (Å²) in [5, 5.41) is 13.9. The lowest BCUT2D eigenvalue weighted by Gasteiger charge is -2.12. The third-order valence-electron chi connectivity index (χ3n) is 3.96. The summed E-state index contributed by atoms with van der Waals surface area (Å²) in [6, 6.07) is 12.9. The highest BCUT2D eigenvalue weighted by atomic mass is 16.5. The number of methoxy groups -OCH3 is 1. The molecule has 0 fully saturated rings. The van der Waals surface area contributed by atoms with Crippen molar-refractivity contribution >= 4 is 16.6 Å². The molecule has 0 amide bonds. The molecule has 0 unspecified atom stereocenters. The van der Waals surface area contributed by atoms with Crippen molar-refractivity contribution in [2.75, 3.05) is 13.7 Å². The van der Waals surface area contributed by atoms with Crippen LogP contribution in [0.25, 0.3) is 10.9 Å². The summed E-state index contributed by atoms with van der Waals surface area (Å²) in [6.07, 6.45) is 0. The van der Waals surface area contributed by atoms with Crippen LogP contribution in [0.3, 0.4) is 0 Å². The minimum Gasteiger partial charge on any atom is -0.493 e. The summed E-state index contributed by atoms with van der Waals surface area (Å²) in [6.45, 7) is 2.61. The van der Waals surface area contributed by atoms with Gasteiger partial charge in [-0.25, -0.2) is 0 Å². The second kappa shape index (κ2) is 6.62. The summed E-state index contributed by atoms with van der Waals surface area (Å²) in [4.78, 5) is 11.1. The molecule has 1 aromatic heterocycles. The standard InChI is InChI=1S/C18H18N2O4/c1-12-6-5-7-13-16(19-22)18(21)20(17(12)13)10-11-24-15-9-4-3-8-14(15)23-2/h3-9,21H,10-11H2,1-2H3. The van der Waals surface area contributed by atoms with Crippen molar-refractivity contribution in [1.29, 1.82) is 0 Å². The van der Waals surface area contributed by atoms with E-state index < -0.39 is 0 Å². The normalized spacial score (nSPS) is 10.8. The highest BCUT2D eigenvalue weighted by Gasteiger charge is 2.18. The van der Waals surface area contributed by atoms with Crippen LogP contribution in [0.4, 0.5) is 5.69 Å². The molecule has 6 nitrogen and oxygen atoms in total. The molecule has 0 aliphatic rings. The molecular weight excluding hydrogens is 308 g/mol. The van der Waals surface area contributed by atoms with E-state index in [4.69, 9.17) is 9.47 Å². The van der Waals surface area contributed by atoms with Crippen molar-refractivity contribution in [2.24, 2.45) is 5.18 Å². The maximum absolute atomic E-state index is 11.1. The van der Waals surface area contributed by atoms with Gasteiger partial charge in [0.1, 0.15) is 6.61 Å². The molecule has 6 heteroatoms. The monoisotopic (exact) mass is 326 g/mol. The van der Waals surface area contributed by atoms with Gasteiger partial charge in [-0.05, 0) is 29.8 Å². The average molecular weight is 326 g/mol. The second-order valence-corrected chi connectivity index (χ2v) is 5.39. The van der Waals surface area contributed by atoms with Crippen LogP contribution in [0.2, 0.25) is 0 Å². The lowest BCUT2D eigenvalue weighted by atomic mass is 10.1. The Hall–Kier alpha value is -3.02. The SMILES string of the molecule is COc1ccccc1OCCn1c(O)c(N=O)c2cccc(C)c21. The van der Waals surface area contributed by atoms with E-state index in [-0.39, 0.29) is 11.6 Å². The largest absolute Gasteiger partial charge is 0.493 e. The summed E-state index contributed by atoms with van der Waals surface area (Å²) >= 11 is 0. The fourth-order valence-electron chi connectivity index (χ4n) is 2.86. The van der Waals surface area contributed by atoms with Crippen LogP contribution in [0.15, 0.2) is 47.6 Å². The lowest BCUT2D eigenvalue weighted by molar-refractivity contribution is 0.274. The summed E-state index contributed by atoms with van der Waals surface area (Å²) in [7, 11) is 1.58. The third-order valence-corrected chi connectivity index (χ3v) is 3.96. The summed E-state index contributed by atoms with van der Waals surface area (Å²) < 4.78 is 12.6. The fraction of sp³-hybridized carbons (Fsp3) is 0.222. The molecule has 0 aliphatic heterocycles. The van der Waals surface area contributed by atoms with Crippen molar-refractivity contribution in [3.05, 3.63) is 52.9 Å². The van der Waals surface area contributed by atoms with Crippen LogP contribution in [0, 0.1) is 11.8 Å². The molecule has 0 saturated carbocycles. The number of nitroso groups, excluding NO2 is 1. The van der Waals surface area contributed by atoms with Crippen LogP contribution in [-0.4, -0.2) is 23.4 Å². The molecule has 0 aliphatic carbocycles. The Morgan fingerprint density at radius 2 is 1.88 bits per heavy atom. The Morgan fingerprint density at radius 3 is 2.58 bits per heavy atom. The van der Waals surface area contributed by atoms with Gasteiger partial charge in [0.05, 0.1) is 19.2 Å². The first kappa shape index (κ1) is 15.9. The minimum atomic E-state index is -0.141. The minimum absolute atomic E-state index is 0.0611. The van der Waals surface area contributed by atoms with Crippen LogP contribution in [0.1, 0.15) is 5.56 Å². The molecule has 2 aromatic carbocycles. The first-order chi connectivity index (χ1) is 11.7. The van der Waals surface area contributed by atoms with Gasteiger partial charge in [-0.2, -0.15) is 0 Å². The number of benzene rings is 2. The van der Waals surface area contributed by atoms with Crippen molar-refractivity contribution in [1.82, 2.24) is 4.57 Å². The molecule has 124 valence electrons. The number of fused-ring (bicyclic) bond motifs is 1. The number of para-hydroxylation sites is 3. The van der Waals surface area contributed by atoms with Crippen LogP contribution in [-0.2, 0) is 6.54 Å². The maximum Gasteiger partial charge on any atom is 0.222 e. The van der Waals surface area contributed by atoms with E-state index in [0.717, 1.165) is 11.1 Å². The number of hydrogen-bond acceptors (Lipinski definition) is 5. The number of aromatic hydroxyl groups is 1. The Kier molecular flexibility index (Phi) is 4.37. The molecule has 3 rings (SSSR count). The van der Waals surface area contributed by atoms with E-state index in [1.165, 1.54) is 0 Å². The topological polar surface area (TPSA) is 73.1 Å². The molecule has 0 bridgehead atoms. The van der Waals surface area contributed by atoms with Gasteiger partial charge in [0.25, 0.3) is 0 Å². The predicted octanol–water partition coefficient (Wildman–Crippen LogP) is 4.14. The molecular formula is C18H18N2O4. The number of hydrogen-bond donors (Lipinski definition) is 1. The molecule has 3 aromatic rings. The highest BCUT2D eigenvalue weighted by molar-refractivity contribution is 5.96. The van der Waals surface area contributed by atoms with Gasteiger partial charge in [-0.15, -0.1) is 4.91 Å². The number of aromatic nitrogens is 1. The molecule has 0 spiro atoms. The Labute approximate surface area is 139 Å². The van der Waals surface area contributed by atoms with Gasteiger partial charge in [0.15, 0.2) is 17.2 Å². The number of aryl methyl sites for hydroxylation is 1. The third kappa shape index (κ3) is 2.67. The van der Waals surface area contributed by atoms with E-state index in [9.17, 15) is 10.0 Å². The van der Waals surface area contributed by atoms with Crippen molar-refractivity contribution in [3.63, 3.8) is 0 Å². The van der Waals surface area contributed by atoms with Gasteiger partial charge >= 0.3 is 0 Å². The maximum atomic E-state index is 11.1. The van der Waals surface area contributed by atoms with E-state index in [0.29, 0.717) is 30.0 Å². The van der Waals surface area contributed by atoms with Gasteiger partial charge in [0, 0.05) is 5.39 Å². The highest BCUT2D eigenvalue weighted by Crippen LogP contribution is 2.39. The van der Waals surface area contributed by atoms with Crippen molar-refractivity contribution in [2.45, 2.75) is 13.5 Å². The Bertz CT molecular complexity index is 886. The van der Waals surface area contributed by atoms with E-state index in [1.54, 1.807) is 17.7 Å².